The van der Waals surface area contributed by atoms with Crippen molar-refractivity contribution < 1.29 is 9.53 Å². The number of hydrogen-bond acceptors (Lipinski definition) is 4. The number of hydrogen-bond donors (Lipinski definition) is 1. The van der Waals surface area contributed by atoms with Crippen LogP contribution in [0.15, 0.2) is 12.2 Å². The number of nitrogens with zero attached hydrogens (tertiary/aromatic N) is 3. The quantitative estimate of drug-likeness (QED) is 0.761. The summed E-state index contributed by atoms with van der Waals surface area (Å²) in [5.41, 5.74) is 0. The van der Waals surface area contributed by atoms with Crippen LogP contribution >= 0.6 is 0 Å². The van der Waals surface area contributed by atoms with E-state index in [-0.39, 0.29) is 12.1 Å². The van der Waals surface area contributed by atoms with Crippen LogP contribution in [-0.2, 0) is 4.74 Å². The van der Waals surface area contributed by atoms with E-state index in [2.05, 4.69) is 41.1 Å². The van der Waals surface area contributed by atoms with Crippen molar-refractivity contribution >= 4 is 6.03 Å². The van der Waals surface area contributed by atoms with Crippen molar-refractivity contribution in [2.24, 2.45) is 5.92 Å². The van der Waals surface area contributed by atoms with Gasteiger partial charge in [0.25, 0.3) is 0 Å². The summed E-state index contributed by atoms with van der Waals surface area (Å²) in [6.45, 7) is 12.6. The van der Waals surface area contributed by atoms with Crippen LogP contribution in [0.1, 0.15) is 20.3 Å². The first-order valence-electron chi connectivity index (χ1n) is 9.37. The Balaban J connectivity index is 1.38. The zero-order chi connectivity index (χ0) is 16.9. The number of carbonyl (C=O) groups excluding carboxylic acids is 1. The van der Waals surface area contributed by atoms with E-state index >= 15 is 0 Å². The molecule has 0 bridgehead atoms. The summed E-state index contributed by atoms with van der Waals surface area (Å²) in [6.07, 6.45) is 5.62. The van der Waals surface area contributed by atoms with Crippen LogP contribution in [0.2, 0.25) is 0 Å². The predicted octanol–water partition coefficient (Wildman–Crippen LogP) is 0.999. The minimum Gasteiger partial charge on any atom is -0.374 e. The fourth-order valence-corrected chi connectivity index (χ4v) is 3.92. The Bertz CT molecular complexity index is 446. The van der Waals surface area contributed by atoms with E-state index in [1.165, 1.54) is 0 Å². The molecule has 0 aromatic rings. The standard InChI is InChI=1S/C18H32N4O2/c1-15(2)12-20-9-10-24-17(14-20)11-19-18(23)22-8-5-16(13-22)21-6-3-4-7-21/h3-4,15-17H,5-14H2,1-2H3,(H,19,23)/t16-,17+/m0/s1. The number of carbonyl (C=O) groups is 1. The lowest BCUT2D eigenvalue weighted by atomic mass is 10.2. The highest BCUT2D eigenvalue weighted by Gasteiger charge is 2.31. The minimum absolute atomic E-state index is 0.0641. The number of ether oxygens (including phenoxy) is 1. The van der Waals surface area contributed by atoms with Gasteiger partial charge in [-0.3, -0.25) is 9.80 Å². The van der Waals surface area contributed by atoms with E-state index in [0.717, 1.165) is 58.8 Å². The van der Waals surface area contributed by atoms with E-state index in [9.17, 15) is 4.79 Å². The summed E-state index contributed by atoms with van der Waals surface area (Å²) in [6, 6.07) is 0.576. The Kier molecular flexibility index (Phi) is 6.14. The molecule has 0 aromatic carbocycles. The van der Waals surface area contributed by atoms with E-state index in [1.807, 2.05) is 4.90 Å². The fraction of sp³-hybridized carbons (Fsp3) is 0.833. The molecule has 3 rings (SSSR count). The minimum atomic E-state index is 0.0641. The van der Waals surface area contributed by atoms with Gasteiger partial charge in [-0.15, -0.1) is 0 Å². The third-order valence-corrected chi connectivity index (χ3v) is 5.14. The lowest BCUT2D eigenvalue weighted by molar-refractivity contribution is -0.0293. The Morgan fingerprint density at radius 1 is 1.25 bits per heavy atom. The van der Waals surface area contributed by atoms with Gasteiger partial charge in [-0.2, -0.15) is 0 Å². The molecule has 2 amide bonds. The normalized spacial score (nSPS) is 28.9. The van der Waals surface area contributed by atoms with Gasteiger partial charge in [-0.05, 0) is 12.3 Å². The summed E-state index contributed by atoms with van der Waals surface area (Å²) in [5.74, 6) is 0.667. The van der Waals surface area contributed by atoms with Gasteiger partial charge in [0.15, 0.2) is 0 Å². The molecule has 3 aliphatic rings. The van der Waals surface area contributed by atoms with Crippen LogP contribution in [0.3, 0.4) is 0 Å². The molecule has 0 spiro atoms. The maximum absolute atomic E-state index is 12.4. The molecular weight excluding hydrogens is 304 g/mol. The van der Waals surface area contributed by atoms with Crippen molar-refractivity contribution in [2.75, 3.05) is 59.0 Å². The number of amides is 2. The molecule has 0 saturated carbocycles. The highest BCUT2D eigenvalue weighted by atomic mass is 16.5. The predicted molar refractivity (Wildman–Crippen MR) is 95.1 cm³/mol. The average Bonchev–Trinajstić information content (AvgIpc) is 3.23. The maximum Gasteiger partial charge on any atom is 0.317 e. The van der Waals surface area contributed by atoms with Gasteiger partial charge >= 0.3 is 6.03 Å². The average molecular weight is 336 g/mol. The van der Waals surface area contributed by atoms with E-state index in [1.54, 1.807) is 0 Å². The number of likely N-dealkylation sites (tertiary alicyclic amines) is 1. The third-order valence-electron chi connectivity index (χ3n) is 5.14. The topological polar surface area (TPSA) is 48.1 Å². The molecule has 1 N–H and O–H groups in total. The second kappa shape index (κ2) is 8.32. The maximum atomic E-state index is 12.4. The first-order valence-corrected chi connectivity index (χ1v) is 9.37. The van der Waals surface area contributed by atoms with Gasteiger partial charge in [0.05, 0.1) is 12.7 Å². The molecule has 0 radical (unpaired) electrons. The summed E-state index contributed by atoms with van der Waals surface area (Å²) < 4.78 is 5.81. The second-order valence-corrected chi connectivity index (χ2v) is 7.65. The molecule has 6 heteroatoms. The summed E-state index contributed by atoms with van der Waals surface area (Å²) in [7, 11) is 0. The van der Waals surface area contributed by atoms with Gasteiger partial charge in [0, 0.05) is 58.4 Å². The van der Waals surface area contributed by atoms with Crippen LogP contribution in [-0.4, -0.2) is 91.8 Å². The van der Waals surface area contributed by atoms with Crippen molar-refractivity contribution in [3.8, 4) is 0 Å². The largest absolute Gasteiger partial charge is 0.374 e. The number of rotatable bonds is 5. The van der Waals surface area contributed by atoms with Gasteiger partial charge in [0.1, 0.15) is 0 Å². The summed E-state index contributed by atoms with van der Waals surface area (Å²) in [5, 5.41) is 3.08. The lowest BCUT2D eigenvalue weighted by Crippen LogP contribution is -2.50. The Hall–Kier alpha value is -1.11. The molecular formula is C18H32N4O2. The number of urea groups is 1. The van der Waals surface area contributed by atoms with Crippen molar-refractivity contribution in [1.82, 2.24) is 20.0 Å². The van der Waals surface area contributed by atoms with E-state index in [0.29, 0.717) is 18.5 Å². The summed E-state index contributed by atoms with van der Waals surface area (Å²) in [4.78, 5) is 19.3. The number of nitrogens with one attached hydrogen (secondary N) is 1. The lowest BCUT2D eigenvalue weighted by Gasteiger charge is -2.34. The Morgan fingerprint density at radius 2 is 2.04 bits per heavy atom. The van der Waals surface area contributed by atoms with Crippen LogP contribution in [0.25, 0.3) is 0 Å². The van der Waals surface area contributed by atoms with Gasteiger partial charge in [-0.25, -0.2) is 4.79 Å². The van der Waals surface area contributed by atoms with Crippen molar-refractivity contribution in [2.45, 2.75) is 32.4 Å². The molecule has 3 heterocycles. The van der Waals surface area contributed by atoms with Crippen LogP contribution in [0.4, 0.5) is 4.79 Å². The third kappa shape index (κ3) is 4.71. The van der Waals surface area contributed by atoms with E-state index < -0.39 is 0 Å². The van der Waals surface area contributed by atoms with Crippen molar-refractivity contribution in [1.29, 1.82) is 0 Å². The summed E-state index contributed by atoms with van der Waals surface area (Å²) >= 11 is 0. The van der Waals surface area contributed by atoms with Crippen LogP contribution in [0, 0.1) is 5.92 Å². The Labute approximate surface area is 145 Å². The molecule has 24 heavy (non-hydrogen) atoms. The van der Waals surface area contributed by atoms with Gasteiger partial charge in [-0.1, -0.05) is 26.0 Å². The molecule has 2 atom stereocenters. The SMILES string of the molecule is CC(C)CN1CCO[C@H](CNC(=O)N2CC[C@H](N3CC=CC3)C2)C1. The van der Waals surface area contributed by atoms with Crippen molar-refractivity contribution in [3.63, 3.8) is 0 Å². The molecule has 3 aliphatic heterocycles. The van der Waals surface area contributed by atoms with Gasteiger partial charge in [0.2, 0.25) is 0 Å². The smallest absolute Gasteiger partial charge is 0.317 e. The molecule has 6 nitrogen and oxygen atoms in total. The van der Waals surface area contributed by atoms with E-state index in [4.69, 9.17) is 4.74 Å². The molecule has 2 saturated heterocycles. The van der Waals surface area contributed by atoms with Crippen molar-refractivity contribution in [3.05, 3.63) is 12.2 Å². The Morgan fingerprint density at radius 3 is 2.79 bits per heavy atom. The zero-order valence-electron chi connectivity index (χ0n) is 15.1. The molecule has 0 aromatic heterocycles. The zero-order valence-corrected chi connectivity index (χ0v) is 15.1. The fourth-order valence-electron chi connectivity index (χ4n) is 3.92. The van der Waals surface area contributed by atoms with Gasteiger partial charge < -0.3 is 15.0 Å². The first-order chi connectivity index (χ1) is 11.6. The highest BCUT2D eigenvalue weighted by Crippen LogP contribution is 2.17. The van der Waals surface area contributed by atoms with Crippen LogP contribution in [0.5, 0.6) is 0 Å². The van der Waals surface area contributed by atoms with Crippen LogP contribution < -0.4 is 5.32 Å². The monoisotopic (exact) mass is 336 g/mol. The molecule has 2 fully saturated rings. The second-order valence-electron chi connectivity index (χ2n) is 7.65. The molecule has 136 valence electrons. The first kappa shape index (κ1) is 17.7. The molecule has 0 aliphatic carbocycles. The molecule has 0 unspecified atom stereocenters. The highest BCUT2D eigenvalue weighted by molar-refractivity contribution is 5.74. The number of morpholine rings is 1.